The van der Waals surface area contributed by atoms with E-state index in [-0.39, 0.29) is 0 Å². The van der Waals surface area contributed by atoms with E-state index in [2.05, 4.69) is 267 Å². The van der Waals surface area contributed by atoms with Crippen molar-refractivity contribution in [3.05, 3.63) is 277 Å². The summed E-state index contributed by atoms with van der Waals surface area (Å²) in [6, 6.07) is 27.0. The maximum absolute atomic E-state index is 3.88. The Morgan fingerprint density at radius 3 is 1.86 bits per heavy atom. The number of benzene rings is 3. The molecule has 0 radical (unpaired) electrons. The van der Waals surface area contributed by atoms with Gasteiger partial charge in [0.2, 0.25) is 0 Å². The quantitative estimate of drug-likeness (QED) is 0.133. The molecule has 0 heterocycles. The average molecular weight is 865 g/mol. The zero-order valence-electron chi connectivity index (χ0n) is 39.4. The molecular formula is C62H64N4. The summed E-state index contributed by atoms with van der Waals surface area (Å²) in [7, 11) is 0. The molecule has 0 atom stereocenters. The molecule has 0 fully saturated rings. The lowest BCUT2D eigenvalue weighted by molar-refractivity contribution is 1.08. The van der Waals surface area contributed by atoms with Crippen LogP contribution in [0.4, 0.5) is 34.1 Å². The van der Waals surface area contributed by atoms with Gasteiger partial charge in [-0.25, -0.2) is 0 Å². The van der Waals surface area contributed by atoms with E-state index in [1.807, 2.05) is 18.2 Å². The molecule has 0 N–H and O–H groups in total. The average Bonchev–Trinajstić information content (AvgIpc) is 3.92. The Bertz CT molecular complexity index is 2700. The first-order chi connectivity index (χ1) is 32.4. The second-order valence-electron chi connectivity index (χ2n) is 16.5. The van der Waals surface area contributed by atoms with E-state index in [0.717, 1.165) is 100 Å². The van der Waals surface area contributed by atoms with E-state index in [9.17, 15) is 0 Å². The van der Waals surface area contributed by atoms with Gasteiger partial charge in [0.05, 0.1) is 0 Å². The van der Waals surface area contributed by atoms with Gasteiger partial charge in [-0.2, -0.15) is 0 Å². The highest BCUT2D eigenvalue weighted by Gasteiger charge is 2.21. The van der Waals surface area contributed by atoms with Crippen LogP contribution in [0.2, 0.25) is 0 Å². The summed E-state index contributed by atoms with van der Waals surface area (Å²) >= 11 is 0. The number of hydrogen-bond donors (Lipinski definition) is 0. The number of nitrogens with zero attached hydrogens (tertiary/aromatic N) is 4. The summed E-state index contributed by atoms with van der Waals surface area (Å²) in [5, 5.41) is 0. The third-order valence-electron chi connectivity index (χ3n) is 11.5. The van der Waals surface area contributed by atoms with Crippen LogP contribution in [0.1, 0.15) is 66.7 Å². The van der Waals surface area contributed by atoms with E-state index in [0.29, 0.717) is 0 Å². The molecule has 0 aromatic heterocycles. The van der Waals surface area contributed by atoms with Crippen LogP contribution in [0.15, 0.2) is 277 Å². The second kappa shape index (κ2) is 23.4. The lowest BCUT2D eigenvalue weighted by atomic mass is 10.1. The number of allylic oxidation sites excluding steroid dienone is 28. The zero-order valence-corrected chi connectivity index (χ0v) is 39.4. The van der Waals surface area contributed by atoms with Gasteiger partial charge in [-0.1, -0.05) is 128 Å². The van der Waals surface area contributed by atoms with Crippen molar-refractivity contribution >= 4 is 34.1 Å². The van der Waals surface area contributed by atoms with Crippen molar-refractivity contribution in [2.75, 3.05) is 19.6 Å². The van der Waals surface area contributed by atoms with E-state index < -0.39 is 0 Å². The minimum atomic E-state index is 0.872. The normalized spacial score (nSPS) is 16.4. The van der Waals surface area contributed by atoms with Crippen LogP contribution in [0, 0.1) is 0 Å². The molecule has 4 aliphatic rings. The van der Waals surface area contributed by atoms with Crippen LogP contribution >= 0.6 is 0 Å². The highest BCUT2D eigenvalue weighted by molar-refractivity contribution is 5.81. The minimum Gasteiger partial charge on any atom is -0.315 e. The lowest BCUT2D eigenvalue weighted by Gasteiger charge is -2.31. The van der Waals surface area contributed by atoms with Crippen LogP contribution in [0.5, 0.6) is 0 Å². The van der Waals surface area contributed by atoms with Gasteiger partial charge in [-0.3, -0.25) is 0 Å². The first-order valence-corrected chi connectivity index (χ1v) is 23.3. The molecular weight excluding hydrogens is 801 g/mol. The van der Waals surface area contributed by atoms with Gasteiger partial charge in [0.1, 0.15) is 0 Å². The lowest BCUT2D eigenvalue weighted by Crippen LogP contribution is -2.21. The largest absolute Gasteiger partial charge is 0.315 e. The molecule has 332 valence electrons. The van der Waals surface area contributed by atoms with Crippen molar-refractivity contribution in [1.29, 1.82) is 0 Å². The molecule has 0 saturated heterocycles. The fourth-order valence-electron chi connectivity index (χ4n) is 8.36. The van der Waals surface area contributed by atoms with E-state index >= 15 is 0 Å². The van der Waals surface area contributed by atoms with Gasteiger partial charge in [0.15, 0.2) is 0 Å². The maximum Gasteiger partial charge on any atom is 0.0463 e. The van der Waals surface area contributed by atoms with Crippen molar-refractivity contribution in [3.8, 4) is 0 Å². The minimum absolute atomic E-state index is 0.872. The summed E-state index contributed by atoms with van der Waals surface area (Å²) < 4.78 is 0. The SMILES string of the molecule is C=C/C=C\C=C(/C)N(C1=CCC(C)=CC=C1)c1ccc(N(c2ccc(N(C3=CCC=CC=C3)C3=CC(C)=CCC=C3)cc2)c2ccc(N(C3=CC=CCC=C3)C(/C=C\C)=C/CC)cc2)cc1. The number of rotatable bonds is 16. The van der Waals surface area contributed by atoms with Crippen LogP contribution in [0.25, 0.3) is 0 Å². The summed E-state index contributed by atoms with van der Waals surface area (Å²) in [6.45, 7) is 14.7. The fraction of sp³-hybridized carbons (Fsp3) is 0.161. The first kappa shape index (κ1) is 46.4. The molecule has 3 aromatic rings. The molecule has 4 heteroatoms. The van der Waals surface area contributed by atoms with Gasteiger partial charge in [0, 0.05) is 68.3 Å². The third kappa shape index (κ3) is 11.8. The predicted molar refractivity (Wildman–Crippen MR) is 288 cm³/mol. The van der Waals surface area contributed by atoms with E-state index in [4.69, 9.17) is 0 Å². The topological polar surface area (TPSA) is 13.0 Å². The Kier molecular flexibility index (Phi) is 16.5. The summed E-state index contributed by atoms with van der Waals surface area (Å²) in [4.78, 5) is 9.41. The molecule has 3 aromatic carbocycles. The Balaban J connectivity index is 1.34. The van der Waals surface area contributed by atoms with Crippen LogP contribution in [-0.4, -0.2) is 0 Å². The molecule has 7 rings (SSSR count). The van der Waals surface area contributed by atoms with Crippen molar-refractivity contribution in [2.45, 2.75) is 66.7 Å². The van der Waals surface area contributed by atoms with Gasteiger partial charge < -0.3 is 19.6 Å². The van der Waals surface area contributed by atoms with Crippen molar-refractivity contribution in [2.24, 2.45) is 0 Å². The Morgan fingerprint density at radius 1 is 0.576 bits per heavy atom. The van der Waals surface area contributed by atoms with Crippen LogP contribution < -0.4 is 19.6 Å². The smallest absolute Gasteiger partial charge is 0.0463 e. The summed E-state index contributed by atoms with van der Waals surface area (Å²) in [6.07, 6.45) is 59.0. The predicted octanol–water partition coefficient (Wildman–Crippen LogP) is 17.5. The highest BCUT2D eigenvalue weighted by atomic mass is 15.2. The van der Waals surface area contributed by atoms with Gasteiger partial charge in [-0.05, 0) is 181 Å². The van der Waals surface area contributed by atoms with Crippen LogP contribution in [0.3, 0.4) is 0 Å². The first-order valence-electron chi connectivity index (χ1n) is 23.3. The molecule has 66 heavy (non-hydrogen) atoms. The molecule has 4 aliphatic carbocycles. The molecule has 0 saturated carbocycles. The van der Waals surface area contributed by atoms with E-state index in [1.54, 1.807) is 0 Å². The Hall–Kier alpha value is -7.56. The third-order valence-corrected chi connectivity index (χ3v) is 11.5. The second-order valence-corrected chi connectivity index (χ2v) is 16.5. The summed E-state index contributed by atoms with van der Waals surface area (Å²) in [5.41, 5.74) is 15.8. The zero-order chi connectivity index (χ0) is 46.1. The number of hydrogen-bond acceptors (Lipinski definition) is 4. The van der Waals surface area contributed by atoms with Gasteiger partial charge in [-0.15, -0.1) is 0 Å². The van der Waals surface area contributed by atoms with Crippen LogP contribution in [-0.2, 0) is 0 Å². The molecule has 0 aliphatic heterocycles. The van der Waals surface area contributed by atoms with E-state index in [1.165, 1.54) is 11.1 Å². The molecule has 0 spiro atoms. The van der Waals surface area contributed by atoms with Gasteiger partial charge in [0.25, 0.3) is 0 Å². The number of anilines is 6. The molecule has 0 unspecified atom stereocenters. The van der Waals surface area contributed by atoms with Gasteiger partial charge >= 0.3 is 0 Å². The maximum atomic E-state index is 3.88. The van der Waals surface area contributed by atoms with Crippen molar-refractivity contribution in [3.63, 3.8) is 0 Å². The summed E-state index contributed by atoms with van der Waals surface area (Å²) in [5.74, 6) is 0. The molecule has 0 amide bonds. The molecule has 4 nitrogen and oxygen atoms in total. The Morgan fingerprint density at radius 2 is 1.18 bits per heavy atom. The monoisotopic (exact) mass is 865 g/mol. The standard InChI is InChI=1S/C62H64N4/c1-7-10-15-27-51(6)63(55-33-22-26-49(4)34-35-55)56-36-38-58(39-37-56)65(59-42-40-57(41-43-59)64(52(23-8-2)24-9-3)53-28-16-11-12-17-29-53)60-44-46-61(47-45-60)66(54-30-18-13-14-19-31-54)62-32-21-20-25-50(5)48-62/h7-8,10-11,13-18,21-33,35-48H,1,9,12,19-20,34H2,2-6H3/b15-10-,23-8-,51-27+,52-24+. The fourth-order valence-corrected chi connectivity index (χ4v) is 8.36. The van der Waals surface area contributed by atoms with Crippen molar-refractivity contribution < 1.29 is 0 Å². The van der Waals surface area contributed by atoms with Crippen molar-refractivity contribution in [1.82, 2.24) is 0 Å². The Labute approximate surface area is 395 Å². The molecule has 0 bridgehead atoms. The highest BCUT2D eigenvalue weighted by Crippen LogP contribution is 2.40.